The molecule has 6 N–H and O–H groups in total. The summed E-state index contributed by atoms with van der Waals surface area (Å²) in [4.78, 5) is 103. The molecule has 6 rings (SSSR count). The van der Waals surface area contributed by atoms with Gasteiger partial charge in [0.25, 0.3) is 0 Å². The van der Waals surface area contributed by atoms with Gasteiger partial charge >= 0.3 is 54.5 Å². The highest BCUT2D eigenvalue weighted by molar-refractivity contribution is 5.90. The van der Waals surface area contributed by atoms with E-state index in [0.29, 0.717) is 17.1 Å². The van der Waals surface area contributed by atoms with Gasteiger partial charge in [-0.3, -0.25) is 14.4 Å². The van der Waals surface area contributed by atoms with Crippen LogP contribution in [0.4, 0.5) is 45.8 Å². The van der Waals surface area contributed by atoms with Crippen molar-refractivity contribution in [2.45, 2.75) is 65.3 Å². The van der Waals surface area contributed by atoms with Gasteiger partial charge in [-0.15, -0.1) is 0 Å². The second-order valence-electron chi connectivity index (χ2n) is 14.9. The van der Waals surface area contributed by atoms with Gasteiger partial charge in [-0.05, 0) is 57.2 Å². The zero-order valence-electron chi connectivity index (χ0n) is 35.9. The number of ether oxygens (including phenoxy) is 9. The number of carbonyl (C=O) groups is 9. The first-order valence-corrected chi connectivity index (χ1v) is 19.7. The van der Waals surface area contributed by atoms with E-state index in [4.69, 9.17) is 14.2 Å². The Kier molecular flexibility index (Phi) is 31.4. The van der Waals surface area contributed by atoms with Crippen LogP contribution >= 0.6 is 0 Å². The Bertz CT molecular complexity index is 1890. The summed E-state index contributed by atoms with van der Waals surface area (Å²) in [6.45, 7) is 2.98. The molecule has 0 radical (unpaired) electrons. The first-order valence-electron chi connectivity index (χ1n) is 19.7. The largest absolute Gasteiger partial charge is 0.508 e. The number of para-hydroxylation sites is 3. The van der Waals surface area contributed by atoms with Crippen molar-refractivity contribution in [3.8, 4) is 0 Å². The van der Waals surface area contributed by atoms with Crippen LogP contribution < -0.4 is 31.9 Å². The third-order valence-corrected chi connectivity index (χ3v) is 8.93. The number of benzene rings is 3. The van der Waals surface area contributed by atoms with E-state index in [0.717, 1.165) is 0 Å². The summed E-state index contributed by atoms with van der Waals surface area (Å²) in [5.74, 6) is -1.87. The number of amides is 6. The lowest BCUT2D eigenvalue weighted by atomic mass is 9.93. The van der Waals surface area contributed by atoms with E-state index in [9.17, 15) is 43.2 Å². The van der Waals surface area contributed by atoms with Crippen LogP contribution in [0, 0.1) is 16.2 Å². The number of carbonyl (C=O) groups excluding carboxylic acids is 9. The van der Waals surface area contributed by atoms with Crippen molar-refractivity contribution in [2.75, 3.05) is 75.8 Å². The van der Waals surface area contributed by atoms with Crippen LogP contribution in [0.3, 0.4) is 0 Å². The van der Waals surface area contributed by atoms with Crippen molar-refractivity contribution < 1.29 is 85.8 Å². The lowest BCUT2D eigenvalue weighted by Gasteiger charge is -2.29. The Morgan fingerprint density at radius 2 is 0.583 bits per heavy atom. The molecule has 3 aliphatic rings. The van der Waals surface area contributed by atoms with Gasteiger partial charge in [0.1, 0.15) is 55.9 Å². The Labute approximate surface area is 420 Å². The van der Waals surface area contributed by atoms with Crippen molar-refractivity contribution in [2.24, 2.45) is 16.2 Å². The van der Waals surface area contributed by atoms with Crippen molar-refractivity contribution in [1.82, 2.24) is 16.0 Å². The van der Waals surface area contributed by atoms with Crippen molar-refractivity contribution >= 4 is 71.5 Å². The van der Waals surface area contributed by atoms with Gasteiger partial charge in [-0.25, -0.2) is 28.8 Å². The van der Waals surface area contributed by atoms with Crippen molar-refractivity contribution in [3.63, 3.8) is 0 Å². The molecule has 3 saturated heterocycles. The SMILES string of the molecule is C.C.C.C.C.C.CC1(C(=O)OCNC(=O)Nc2ccccc2)COC(=O)OC1.CC1(C(=O)OCNC(=O)Nc2ccccc2)COC(=O)OC1.CC1(C(=O)OCNC(=O)Nc2ccccc2)COC(=O)OC1. The minimum absolute atomic E-state index is 0. The second kappa shape index (κ2) is 33.3. The standard InChI is InChI=1S/3C14H16N2O6.6CH4/c3*1-14(7-20-13(19)21-8-14)11(17)22-9-15-12(18)16-10-5-3-2-4-6-10;;;;;;/h3*2-6H,7-9H2,1H3,(H2,15,16,18);6*1H4. The van der Waals surface area contributed by atoms with Crippen LogP contribution in [0.2, 0.25) is 0 Å². The van der Waals surface area contributed by atoms with Gasteiger partial charge in [0.15, 0.2) is 20.2 Å². The lowest BCUT2D eigenvalue weighted by Crippen LogP contribution is -2.45. The number of urea groups is 3. The Morgan fingerprint density at radius 1 is 0.389 bits per heavy atom. The molecule has 6 amide bonds. The Morgan fingerprint density at radius 3 is 0.778 bits per heavy atom. The third kappa shape index (κ3) is 22.9. The molecule has 24 nitrogen and oxygen atoms in total. The summed E-state index contributed by atoms with van der Waals surface area (Å²) in [5.41, 5.74) is -1.38. The maximum Gasteiger partial charge on any atom is 0.508 e. The Balaban J connectivity index is -0.000000952. The van der Waals surface area contributed by atoms with Crippen LogP contribution in [0.5, 0.6) is 0 Å². The highest BCUT2D eigenvalue weighted by atomic mass is 16.7. The molecule has 0 bridgehead atoms. The van der Waals surface area contributed by atoms with Crippen LogP contribution in [0.15, 0.2) is 91.0 Å². The number of hydrogen-bond acceptors (Lipinski definition) is 18. The normalized spacial score (nSPS) is 14.6. The molecule has 3 fully saturated rings. The molecule has 0 aliphatic carbocycles. The molecule has 402 valence electrons. The predicted octanol–water partition coefficient (Wildman–Crippen LogP) is 8.26. The molecule has 0 spiro atoms. The summed E-state index contributed by atoms with van der Waals surface area (Å²) in [7, 11) is 0. The van der Waals surface area contributed by atoms with E-state index in [1.807, 2.05) is 18.2 Å². The number of hydrogen-bond donors (Lipinski definition) is 6. The number of nitrogens with one attached hydrogen (secondary N) is 6. The van der Waals surface area contributed by atoms with Gasteiger partial charge in [0.05, 0.1) is 0 Å². The lowest BCUT2D eigenvalue weighted by molar-refractivity contribution is -0.167. The van der Waals surface area contributed by atoms with Gasteiger partial charge in [0.2, 0.25) is 0 Å². The maximum absolute atomic E-state index is 11.9. The quantitative estimate of drug-likeness (QED) is 0.0565. The van der Waals surface area contributed by atoms with Crippen molar-refractivity contribution in [1.29, 1.82) is 0 Å². The zero-order valence-corrected chi connectivity index (χ0v) is 35.9. The van der Waals surface area contributed by atoms with Gasteiger partial charge in [0, 0.05) is 17.1 Å². The highest BCUT2D eigenvalue weighted by Crippen LogP contribution is 2.26. The molecule has 24 heteroatoms. The summed E-state index contributed by atoms with van der Waals surface area (Å²) in [6, 6.07) is 25.0. The van der Waals surface area contributed by atoms with E-state index in [1.54, 1.807) is 93.6 Å². The molecule has 72 heavy (non-hydrogen) atoms. The average Bonchev–Trinajstić information content (AvgIpc) is 3.31. The third-order valence-electron chi connectivity index (χ3n) is 8.93. The van der Waals surface area contributed by atoms with E-state index < -0.39 is 70.7 Å². The molecule has 0 atom stereocenters. The number of esters is 3. The first kappa shape index (κ1) is 68.0. The molecule has 3 heterocycles. The molecule has 0 unspecified atom stereocenters. The molecule has 0 aromatic heterocycles. The molecule has 0 saturated carbocycles. The summed E-state index contributed by atoms with van der Waals surface area (Å²) < 4.78 is 42.8. The predicted molar refractivity (Wildman–Crippen MR) is 265 cm³/mol. The van der Waals surface area contributed by atoms with Crippen LogP contribution in [-0.4, -0.2) is 114 Å². The summed E-state index contributed by atoms with van der Waals surface area (Å²) >= 11 is 0. The minimum Gasteiger partial charge on any atom is -0.444 e. The smallest absolute Gasteiger partial charge is 0.444 e. The molecule has 3 aromatic rings. The van der Waals surface area contributed by atoms with Gasteiger partial charge in [-0.1, -0.05) is 99.2 Å². The highest BCUT2D eigenvalue weighted by Gasteiger charge is 2.44. The van der Waals surface area contributed by atoms with Gasteiger partial charge in [-0.2, -0.15) is 0 Å². The zero-order chi connectivity index (χ0) is 48.0. The minimum atomic E-state index is -1.08. The maximum atomic E-state index is 11.9. The van der Waals surface area contributed by atoms with Crippen molar-refractivity contribution in [3.05, 3.63) is 91.0 Å². The number of anilines is 3. The monoisotopic (exact) mass is 1020 g/mol. The van der Waals surface area contributed by atoms with Crippen LogP contribution in [0.1, 0.15) is 65.3 Å². The molecular weight excluding hydrogens is 949 g/mol. The van der Waals surface area contributed by atoms with E-state index in [1.165, 1.54) is 0 Å². The fourth-order valence-electron chi connectivity index (χ4n) is 5.03. The van der Waals surface area contributed by atoms with Crippen LogP contribution in [0.25, 0.3) is 0 Å². The van der Waals surface area contributed by atoms with E-state index in [-0.39, 0.29) is 104 Å². The molecule has 3 aromatic carbocycles. The Hall–Kier alpha value is -8.31. The molecule has 3 aliphatic heterocycles. The number of rotatable bonds is 12. The second-order valence-corrected chi connectivity index (χ2v) is 14.9. The van der Waals surface area contributed by atoms with Gasteiger partial charge < -0.3 is 74.5 Å². The first-order chi connectivity index (χ1) is 31.5. The van der Waals surface area contributed by atoms with E-state index >= 15 is 0 Å². The van der Waals surface area contributed by atoms with Crippen LogP contribution in [-0.2, 0) is 57.0 Å². The average molecular weight is 1020 g/mol. The summed E-state index contributed by atoms with van der Waals surface area (Å²) in [5, 5.41) is 14.9. The number of cyclic esters (lactones) is 6. The topological polar surface area (TPSA) is 309 Å². The van der Waals surface area contributed by atoms with E-state index in [2.05, 4.69) is 60.3 Å². The fourth-order valence-corrected chi connectivity index (χ4v) is 5.03. The summed E-state index contributed by atoms with van der Waals surface area (Å²) in [6.07, 6.45) is -2.44. The fraction of sp³-hybridized carbons (Fsp3) is 0.438. The molecular formula is C48H72N6O18.